The van der Waals surface area contributed by atoms with Gasteiger partial charge in [-0.15, -0.1) is 10.2 Å². The van der Waals surface area contributed by atoms with Crippen molar-refractivity contribution in [1.29, 1.82) is 0 Å². The van der Waals surface area contributed by atoms with Crippen LogP contribution in [0.1, 0.15) is 24.6 Å². The largest absolute Gasteiger partial charge is 0.470 e. The highest BCUT2D eigenvalue weighted by Gasteiger charge is 2.38. The molecule has 0 saturated carbocycles. The van der Waals surface area contributed by atoms with Crippen molar-refractivity contribution < 1.29 is 17.6 Å². The number of aromatic nitrogens is 4. The van der Waals surface area contributed by atoms with Crippen molar-refractivity contribution >= 4 is 0 Å². The fourth-order valence-corrected chi connectivity index (χ4v) is 2.74. The number of nitrogens with zero attached hydrogens (tertiary/aromatic N) is 5. The van der Waals surface area contributed by atoms with Gasteiger partial charge in [-0.05, 0) is 31.8 Å². The number of alkyl halides is 3. The lowest BCUT2D eigenvalue weighted by molar-refractivity contribution is -0.157. The molecule has 2 aromatic rings. The summed E-state index contributed by atoms with van der Waals surface area (Å²) >= 11 is 0. The van der Waals surface area contributed by atoms with Gasteiger partial charge in [-0.2, -0.15) is 13.2 Å². The van der Waals surface area contributed by atoms with Crippen LogP contribution in [0, 0.1) is 5.92 Å². The molecule has 1 saturated heterocycles. The van der Waals surface area contributed by atoms with Crippen LogP contribution < -0.4 is 5.56 Å². The minimum atomic E-state index is -4.62. The van der Waals surface area contributed by atoms with Crippen LogP contribution in [-0.2, 0) is 19.3 Å². The Morgan fingerprint density at radius 2 is 2.00 bits per heavy atom. The fourth-order valence-electron chi connectivity index (χ4n) is 2.74. The predicted molar refractivity (Wildman–Crippen MR) is 75.8 cm³/mol. The Balaban J connectivity index is 1.51. The first-order chi connectivity index (χ1) is 11.4. The van der Waals surface area contributed by atoms with Gasteiger partial charge < -0.3 is 4.42 Å². The van der Waals surface area contributed by atoms with E-state index in [1.165, 1.54) is 18.6 Å². The van der Waals surface area contributed by atoms with Crippen molar-refractivity contribution in [2.24, 2.45) is 5.92 Å². The van der Waals surface area contributed by atoms with Crippen molar-refractivity contribution in [2.45, 2.75) is 32.1 Å². The molecule has 10 heteroatoms. The summed E-state index contributed by atoms with van der Waals surface area (Å²) in [6.07, 6.45) is 0.0330. The number of hydrogen-bond donors (Lipinski definition) is 0. The zero-order valence-electron chi connectivity index (χ0n) is 12.7. The van der Waals surface area contributed by atoms with Crippen LogP contribution >= 0.6 is 0 Å². The zero-order valence-corrected chi connectivity index (χ0v) is 12.7. The maximum atomic E-state index is 12.4. The molecule has 0 amide bonds. The molecule has 0 bridgehead atoms. The SMILES string of the molecule is O=c1ccncn1CC1CCN(Cc2nnc(C(F)(F)F)o2)CC1. The lowest BCUT2D eigenvalue weighted by atomic mass is 9.97. The molecular weight excluding hydrogens is 327 g/mol. The first-order valence-corrected chi connectivity index (χ1v) is 7.54. The van der Waals surface area contributed by atoms with E-state index in [1.54, 1.807) is 4.57 Å². The number of piperidine rings is 1. The molecule has 0 aromatic carbocycles. The van der Waals surface area contributed by atoms with Crippen molar-refractivity contribution in [3.8, 4) is 0 Å². The summed E-state index contributed by atoms with van der Waals surface area (Å²) in [5.41, 5.74) is -0.0852. The van der Waals surface area contributed by atoms with Crippen LogP contribution in [0.15, 0.2) is 27.8 Å². The van der Waals surface area contributed by atoms with Crippen molar-refractivity contribution in [3.05, 3.63) is 40.7 Å². The molecule has 24 heavy (non-hydrogen) atoms. The van der Waals surface area contributed by atoms with Gasteiger partial charge in [0.2, 0.25) is 5.89 Å². The van der Waals surface area contributed by atoms with Crippen molar-refractivity contribution in [3.63, 3.8) is 0 Å². The van der Waals surface area contributed by atoms with Gasteiger partial charge in [-0.1, -0.05) is 0 Å². The smallest absolute Gasteiger partial charge is 0.416 e. The zero-order chi connectivity index (χ0) is 17.2. The molecule has 0 aliphatic carbocycles. The van der Waals surface area contributed by atoms with Crippen LogP contribution in [0.25, 0.3) is 0 Å². The Hall–Kier alpha value is -2.23. The molecule has 0 atom stereocenters. The third-order valence-electron chi connectivity index (χ3n) is 4.02. The molecule has 130 valence electrons. The summed E-state index contributed by atoms with van der Waals surface area (Å²) in [5, 5.41) is 6.46. The average molecular weight is 343 g/mol. The molecule has 7 nitrogen and oxygen atoms in total. The second-order valence-corrected chi connectivity index (χ2v) is 5.79. The van der Waals surface area contributed by atoms with Crippen molar-refractivity contribution in [1.82, 2.24) is 24.6 Å². The molecule has 3 heterocycles. The minimum absolute atomic E-state index is 0.0377. The van der Waals surface area contributed by atoms with Gasteiger partial charge in [-0.3, -0.25) is 14.3 Å². The summed E-state index contributed by atoms with van der Waals surface area (Å²) in [6, 6.07) is 1.42. The van der Waals surface area contributed by atoms with E-state index < -0.39 is 12.1 Å². The van der Waals surface area contributed by atoms with Crippen LogP contribution in [0.5, 0.6) is 0 Å². The number of halogens is 3. The summed E-state index contributed by atoms with van der Waals surface area (Å²) in [6.45, 7) is 2.19. The normalized spacial score (nSPS) is 17.3. The van der Waals surface area contributed by atoms with Crippen LogP contribution in [0.3, 0.4) is 0 Å². The van der Waals surface area contributed by atoms with Crippen LogP contribution in [0.4, 0.5) is 13.2 Å². The monoisotopic (exact) mass is 343 g/mol. The summed E-state index contributed by atoms with van der Waals surface area (Å²) in [4.78, 5) is 17.6. The Labute approximate surface area is 135 Å². The third-order valence-corrected chi connectivity index (χ3v) is 4.02. The molecular formula is C14H16F3N5O2. The Kier molecular flexibility index (Phi) is 4.65. The molecule has 2 aromatic heterocycles. The quantitative estimate of drug-likeness (QED) is 0.838. The van der Waals surface area contributed by atoms with Gasteiger partial charge in [-0.25, -0.2) is 4.98 Å². The molecule has 0 unspecified atom stereocenters. The molecule has 1 aliphatic heterocycles. The first-order valence-electron chi connectivity index (χ1n) is 7.54. The summed E-state index contributed by atoms with van der Waals surface area (Å²) in [5.74, 6) is -1.02. The number of rotatable bonds is 4. The maximum Gasteiger partial charge on any atom is 0.470 e. The molecule has 0 spiro atoms. The van der Waals surface area contributed by atoms with Gasteiger partial charge in [0.1, 0.15) is 0 Å². The molecule has 0 N–H and O–H groups in total. The summed E-state index contributed by atoms with van der Waals surface area (Å²) < 4.78 is 43.5. The summed E-state index contributed by atoms with van der Waals surface area (Å²) in [7, 11) is 0. The molecule has 0 radical (unpaired) electrons. The van der Waals surface area contributed by atoms with Crippen LogP contribution in [-0.4, -0.2) is 37.7 Å². The van der Waals surface area contributed by atoms with E-state index in [2.05, 4.69) is 19.6 Å². The van der Waals surface area contributed by atoms with E-state index in [4.69, 9.17) is 0 Å². The Morgan fingerprint density at radius 3 is 2.62 bits per heavy atom. The van der Waals surface area contributed by atoms with Crippen molar-refractivity contribution in [2.75, 3.05) is 13.1 Å². The third kappa shape index (κ3) is 3.99. The molecule has 3 rings (SSSR count). The van der Waals surface area contributed by atoms with Gasteiger partial charge in [0, 0.05) is 18.8 Å². The lowest BCUT2D eigenvalue weighted by Crippen LogP contribution is -2.36. The van der Waals surface area contributed by atoms with Gasteiger partial charge >= 0.3 is 12.1 Å². The van der Waals surface area contributed by atoms with Crippen LogP contribution in [0.2, 0.25) is 0 Å². The van der Waals surface area contributed by atoms with E-state index >= 15 is 0 Å². The van der Waals surface area contributed by atoms with Gasteiger partial charge in [0.15, 0.2) is 0 Å². The Bertz CT molecular complexity index is 734. The highest BCUT2D eigenvalue weighted by atomic mass is 19.4. The standard InChI is InChI=1S/C14H16F3N5O2/c15-14(16,17)13-20-19-11(24-13)8-21-5-2-10(3-6-21)7-22-9-18-4-1-12(22)23/h1,4,9-10H,2-3,5-8H2. The molecule has 1 aliphatic rings. The van der Waals surface area contributed by atoms with E-state index in [0.29, 0.717) is 25.6 Å². The topological polar surface area (TPSA) is 77.1 Å². The average Bonchev–Trinajstić information content (AvgIpc) is 3.00. The highest BCUT2D eigenvalue weighted by Crippen LogP contribution is 2.28. The Morgan fingerprint density at radius 1 is 1.25 bits per heavy atom. The van der Waals surface area contributed by atoms with E-state index in [-0.39, 0.29) is 18.0 Å². The number of hydrogen-bond acceptors (Lipinski definition) is 6. The molecule has 1 fully saturated rings. The lowest BCUT2D eigenvalue weighted by Gasteiger charge is -2.31. The van der Waals surface area contributed by atoms with Gasteiger partial charge in [0.05, 0.1) is 12.9 Å². The predicted octanol–water partition coefficient (Wildman–Crippen LogP) is 1.56. The highest BCUT2D eigenvalue weighted by molar-refractivity contribution is 4.88. The van der Waals surface area contributed by atoms with E-state index in [0.717, 1.165) is 12.8 Å². The maximum absolute atomic E-state index is 12.4. The second-order valence-electron chi connectivity index (χ2n) is 5.79. The first kappa shape index (κ1) is 16.6. The minimum Gasteiger partial charge on any atom is -0.416 e. The number of likely N-dealkylation sites (tertiary alicyclic amines) is 1. The van der Waals surface area contributed by atoms with Gasteiger partial charge in [0.25, 0.3) is 5.56 Å². The fraction of sp³-hybridized carbons (Fsp3) is 0.571. The van der Waals surface area contributed by atoms with E-state index in [9.17, 15) is 18.0 Å². The van der Waals surface area contributed by atoms with E-state index in [1.807, 2.05) is 4.90 Å². The second kappa shape index (κ2) is 6.71.